The summed E-state index contributed by atoms with van der Waals surface area (Å²) in [5.74, 6) is 0. The first-order valence-corrected chi connectivity index (χ1v) is 12.1. The number of thiocarbonyl (C=S) groups is 1. The smallest absolute Gasteiger partial charge is 0.170 e. The summed E-state index contributed by atoms with van der Waals surface area (Å²) in [4.78, 5) is 9.54. The molecule has 2 atom stereocenters. The predicted molar refractivity (Wildman–Crippen MR) is 135 cm³/mol. The summed E-state index contributed by atoms with van der Waals surface area (Å²) in [5.41, 5.74) is 4.62. The number of morpholine rings is 1. The van der Waals surface area contributed by atoms with Gasteiger partial charge in [0.2, 0.25) is 0 Å². The van der Waals surface area contributed by atoms with Crippen molar-refractivity contribution < 1.29 is 4.74 Å². The summed E-state index contributed by atoms with van der Waals surface area (Å²) in [6.07, 6.45) is 2.91. The van der Waals surface area contributed by atoms with Crippen molar-refractivity contribution in [2.75, 3.05) is 39.4 Å². The molecular weight excluding hydrogens is 430 g/mol. The van der Waals surface area contributed by atoms with Crippen molar-refractivity contribution in [1.82, 2.24) is 24.7 Å². The van der Waals surface area contributed by atoms with E-state index in [0.717, 1.165) is 56.6 Å². The molecule has 2 aromatic heterocycles. The van der Waals surface area contributed by atoms with Crippen molar-refractivity contribution in [3.8, 4) is 5.69 Å². The summed E-state index contributed by atoms with van der Waals surface area (Å²) >= 11 is 5.88. The Morgan fingerprint density at radius 3 is 2.55 bits per heavy atom. The normalized spacial score (nSPS) is 21.4. The molecule has 6 nitrogen and oxygen atoms in total. The van der Waals surface area contributed by atoms with Crippen molar-refractivity contribution in [1.29, 1.82) is 0 Å². The Morgan fingerprint density at radius 1 is 1.00 bits per heavy atom. The van der Waals surface area contributed by atoms with Crippen LogP contribution < -0.4 is 5.32 Å². The molecule has 0 saturated carbocycles. The fourth-order valence-electron chi connectivity index (χ4n) is 4.98. The molecule has 33 heavy (non-hydrogen) atoms. The molecule has 2 saturated heterocycles. The maximum absolute atomic E-state index is 5.88. The molecule has 0 bridgehead atoms. The summed E-state index contributed by atoms with van der Waals surface area (Å²) in [7, 11) is 0. The van der Waals surface area contributed by atoms with Crippen molar-refractivity contribution in [3.63, 3.8) is 0 Å². The molecule has 7 heteroatoms. The zero-order chi connectivity index (χ0) is 22.6. The maximum Gasteiger partial charge on any atom is 0.170 e. The summed E-state index contributed by atoms with van der Waals surface area (Å²) < 4.78 is 7.85. The predicted octanol–water partition coefficient (Wildman–Crippen LogP) is 3.88. The Balaban J connectivity index is 1.47. The molecule has 0 unspecified atom stereocenters. The van der Waals surface area contributed by atoms with Crippen molar-refractivity contribution in [3.05, 3.63) is 83.9 Å². The number of rotatable bonds is 7. The van der Waals surface area contributed by atoms with Gasteiger partial charge < -0.3 is 19.5 Å². The molecule has 5 rings (SSSR count). The maximum atomic E-state index is 5.88. The number of hydrogen-bond donors (Lipinski definition) is 1. The lowest BCUT2D eigenvalue weighted by Crippen LogP contribution is -2.39. The lowest BCUT2D eigenvalue weighted by molar-refractivity contribution is 0.0365. The summed E-state index contributed by atoms with van der Waals surface area (Å²) in [5, 5.41) is 4.40. The molecule has 1 N–H and O–H groups in total. The van der Waals surface area contributed by atoms with Crippen molar-refractivity contribution in [2.45, 2.75) is 25.4 Å². The van der Waals surface area contributed by atoms with Crippen LogP contribution >= 0.6 is 12.2 Å². The van der Waals surface area contributed by atoms with Gasteiger partial charge in [-0.15, -0.1) is 0 Å². The Kier molecular flexibility index (Phi) is 6.71. The molecule has 3 aromatic rings. The number of hydrogen-bond acceptors (Lipinski definition) is 4. The van der Waals surface area contributed by atoms with E-state index in [2.05, 4.69) is 80.1 Å². The fraction of sp³-hybridized carbons (Fsp3) is 0.385. The van der Waals surface area contributed by atoms with Gasteiger partial charge in [-0.25, -0.2) is 0 Å². The lowest BCUT2D eigenvalue weighted by Gasteiger charge is -2.31. The molecule has 2 aliphatic rings. The lowest BCUT2D eigenvalue weighted by atomic mass is 10.0. The molecule has 0 spiro atoms. The van der Waals surface area contributed by atoms with Crippen LogP contribution in [0.4, 0.5) is 0 Å². The average Bonchev–Trinajstić information content (AvgIpc) is 3.40. The van der Waals surface area contributed by atoms with Crippen LogP contribution in [0.3, 0.4) is 0 Å². The first-order valence-electron chi connectivity index (χ1n) is 11.7. The summed E-state index contributed by atoms with van der Waals surface area (Å²) in [6, 6.07) is 21.2. The quantitative estimate of drug-likeness (QED) is 0.539. The van der Waals surface area contributed by atoms with Crippen LogP contribution in [0.5, 0.6) is 0 Å². The number of para-hydroxylation sites is 1. The highest BCUT2D eigenvalue weighted by molar-refractivity contribution is 7.80. The van der Waals surface area contributed by atoms with Gasteiger partial charge in [0.25, 0.3) is 0 Å². The average molecular weight is 462 g/mol. The van der Waals surface area contributed by atoms with Gasteiger partial charge in [-0.3, -0.25) is 9.88 Å². The third kappa shape index (κ3) is 4.67. The molecule has 0 amide bonds. The Hall–Kier alpha value is -2.74. The minimum atomic E-state index is -0.00107. The van der Waals surface area contributed by atoms with Crippen molar-refractivity contribution in [2.24, 2.45) is 0 Å². The number of ether oxygens (including phenoxy) is 1. The van der Waals surface area contributed by atoms with Gasteiger partial charge >= 0.3 is 0 Å². The third-order valence-electron chi connectivity index (χ3n) is 6.60. The topological polar surface area (TPSA) is 45.6 Å². The number of benzene rings is 1. The van der Waals surface area contributed by atoms with E-state index < -0.39 is 0 Å². The molecule has 2 fully saturated rings. The Labute approximate surface area is 201 Å². The number of aromatic nitrogens is 2. The van der Waals surface area contributed by atoms with Gasteiger partial charge in [-0.05, 0) is 62.0 Å². The van der Waals surface area contributed by atoms with Crippen LogP contribution in [0.25, 0.3) is 5.69 Å². The molecule has 4 heterocycles. The molecule has 172 valence electrons. The molecule has 0 radical (unpaired) electrons. The molecule has 0 aliphatic carbocycles. The first-order chi connectivity index (χ1) is 16.2. The largest absolute Gasteiger partial charge is 0.379 e. The number of nitrogens with one attached hydrogen (secondary N) is 1. The van der Waals surface area contributed by atoms with Gasteiger partial charge in [0.15, 0.2) is 5.11 Å². The second kappa shape index (κ2) is 10.0. The zero-order valence-corrected chi connectivity index (χ0v) is 19.9. The fourth-order valence-corrected chi connectivity index (χ4v) is 5.31. The molecule has 1 aromatic carbocycles. The van der Waals surface area contributed by atoms with Gasteiger partial charge in [-0.2, -0.15) is 0 Å². The summed E-state index contributed by atoms with van der Waals surface area (Å²) in [6.45, 7) is 7.81. The third-order valence-corrected chi connectivity index (χ3v) is 6.95. The SMILES string of the molecule is Cc1ccc([C@@H]2[C@H](c3ccccn3)NC(=S)N2CCCN2CCOCC2)n1-c1ccccc1. The van der Waals surface area contributed by atoms with E-state index in [4.69, 9.17) is 17.0 Å². The van der Waals surface area contributed by atoms with Crippen LogP contribution in [0, 0.1) is 6.92 Å². The monoisotopic (exact) mass is 461 g/mol. The molecular formula is C26H31N5OS. The van der Waals surface area contributed by atoms with E-state index in [1.165, 1.54) is 17.1 Å². The van der Waals surface area contributed by atoms with E-state index in [0.29, 0.717) is 0 Å². The van der Waals surface area contributed by atoms with E-state index in [1.54, 1.807) is 0 Å². The zero-order valence-electron chi connectivity index (χ0n) is 19.1. The van der Waals surface area contributed by atoms with Crippen LogP contribution in [-0.4, -0.2) is 63.9 Å². The number of nitrogens with zero attached hydrogens (tertiary/aromatic N) is 4. The number of pyridine rings is 1. The Bertz CT molecular complexity index is 1060. The molecule has 2 aliphatic heterocycles. The number of aryl methyl sites for hydroxylation is 1. The highest BCUT2D eigenvalue weighted by atomic mass is 32.1. The van der Waals surface area contributed by atoms with Crippen LogP contribution in [0.1, 0.15) is 35.6 Å². The van der Waals surface area contributed by atoms with Gasteiger partial charge in [0.1, 0.15) is 0 Å². The Morgan fingerprint density at radius 2 is 1.79 bits per heavy atom. The minimum Gasteiger partial charge on any atom is -0.379 e. The van der Waals surface area contributed by atoms with E-state index in [9.17, 15) is 0 Å². The van der Waals surface area contributed by atoms with Crippen LogP contribution in [0.2, 0.25) is 0 Å². The first kappa shape index (κ1) is 22.1. The second-order valence-corrected chi connectivity index (χ2v) is 9.08. The van der Waals surface area contributed by atoms with E-state index >= 15 is 0 Å². The minimum absolute atomic E-state index is 0.00107. The van der Waals surface area contributed by atoms with Gasteiger partial charge in [0.05, 0.1) is 31.0 Å². The van der Waals surface area contributed by atoms with Gasteiger partial charge in [-0.1, -0.05) is 24.3 Å². The van der Waals surface area contributed by atoms with Crippen LogP contribution in [-0.2, 0) is 4.74 Å². The highest BCUT2D eigenvalue weighted by Crippen LogP contribution is 2.40. The van der Waals surface area contributed by atoms with E-state index in [-0.39, 0.29) is 12.1 Å². The second-order valence-electron chi connectivity index (χ2n) is 8.70. The standard InChI is InChI=1S/C26H31N5OS/c1-20-11-12-23(31(20)21-8-3-2-4-9-21)25-24(22-10-5-6-13-27-22)28-26(33)30(25)15-7-14-29-16-18-32-19-17-29/h2-6,8-13,24-25H,7,14-19H2,1H3,(H,28,33)/t24-,25+/m0/s1. The highest BCUT2D eigenvalue weighted by Gasteiger charge is 2.41. The van der Waals surface area contributed by atoms with Gasteiger partial charge in [0, 0.05) is 49.5 Å². The van der Waals surface area contributed by atoms with Crippen molar-refractivity contribution >= 4 is 17.3 Å². The van der Waals surface area contributed by atoms with E-state index in [1.807, 2.05) is 18.3 Å². The van der Waals surface area contributed by atoms with Crippen LogP contribution in [0.15, 0.2) is 66.9 Å².